The van der Waals surface area contributed by atoms with Crippen LogP contribution in [0.15, 0.2) is 58.3 Å². The standard InChI is InChI=1S/C15H11F2N3O3S/c16-11-4-3-10(8-12(11)17)24(21,22)20-9-13-15(19-6-5-18-13)14-2-1-7-23-14/h1-8,20H,9H2. The van der Waals surface area contributed by atoms with Gasteiger partial charge in [0.1, 0.15) is 5.69 Å². The first kappa shape index (κ1) is 16.2. The summed E-state index contributed by atoms with van der Waals surface area (Å²) >= 11 is 0. The molecule has 0 unspecified atom stereocenters. The summed E-state index contributed by atoms with van der Waals surface area (Å²) in [4.78, 5) is 7.81. The van der Waals surface area contributed by atoms with Crippen LogP contribution in [0.3, 0.4) is 0 Å². The van der Waals surface area contributed by atoms with Gasteiger partial charge >= 0.3 is 0 Å². The molecule has 0 radical (unpaired) electrons. The number of nitrogens with zero attached hydrogens (tertiary/aromatic N) is 2. The van der Waals surface area contributed by atoms with Gasteiger partial charge < -0.3 is 4.42 Å². The lowest BCUT2D eigenvalue weighted by Crippen LogP contribution is -2.24. The van der Waals surface area contributed by atoms with Crippen molar-refractivity contribution in [2.75, 3.05) is 0 Å². The summed E-state index contributed by atoms with van der Waals surface area (Å²) in [5, 5.41) is 0. The Morgan fingerprint density at radius 1 is 1.08 bits per heavy atom. The average Bonchev–Trinajstić information content (AvgIpc) is 3.10. The van der Waals surface area contributed by atoms with Crippen LogP contribution in [0, 0.1) is 11.6 Å². The number of benzene rings is 1. The molecule has 0 fully saturated rings. The van der Waals surface area contributed by atoms with Crippen molar-refractivity contribution < 1.29 is 21.6 Å². The Bertz CT molecular complexity index is 960. The van der Waals surface area contributed by atoms with E-state index in [1.807, 2.05) is 0 Å². The molecule has 2 aromatic heterocycles. The van der Waals surface area contributed by atoms with Gasteiger partial charge in [-0.05, 0) is 30.3 Å². The molecule has 2 heterocycles. The zero-order valence-corrected chi connectivity index (χ0v) is 12.9. The van der Waals surface area contributed by atoms with Gasteiger partial charge in [-0.1, -0.05) is 0 Å². The molecule has 0 saturated heterocycles. The largest absolute Gasteiger partial charge is 0.463 e. The summed E-state index contributed by atoms with van der Waals surface area (Å²) in [6.07, 6.45) is 4.32. The summed E-state index contributed by atoms with van der Waals surface area (Å²) in [5.74, 6) is -1.93. The molecular weight excluding hydrogens is 340 g/mol. The van der Waals surface area contributed by atoms with Gasteiger partial charge in [0.2, 0.25) is 10.0 Å². The van der Waals surface area contributed by atoms with E-state index >= 15 is 0 Å². The summed E-state index contributed by atoms with van der Waals surface area (Å²) in [7, 11) is -4.04. The molecular formula is C15H11F2N3O3S. The highest BCUT2D eigenvalue weighted by Crippen LogP contribution is 2.20. The Morgan fingerprint density at radius 2 is 1.88 bits per heavy atom. The summed E-state index contributed by atoms with van der Waals surface area (Å²) < 4.78 is 58.1. The molecule has 3 aromatic rings. The molecule has 3 rings (SSSR count). The van der Waals surface area contributed by atoms with Crippen molar-refractivity contribution in [3.63, 3.8) is 0 Å². The second kappa shape index (κ2) is 6.46. The maximum atomic E-state index is 13.2. The van der Waals surface area contributed by atoms with Crippen LogP contribution in [0.2, 0.25) is 0 Å². The number of nitrogens with one attached hydrogen (secondary N) is 1. The quantitative estimate of drug-likeness (QED) is 0.763. The van der Waals surface area contributed by atoms with Gasteiger partial charge in [-0.2, -0.15) is 0 Å². The molecule has 0 aliphatic rings. The van der Waals surface area contributed by atoms with Gasteiger partial charge in [-0.25, -0.2) is 26.9 Å². The average molecular weight is 351 g/mol. The van der Waals surface area contributed by atoms with Crippen molar-refractivity contribution in [2.24, 2.45) is 0 Å². The number of hydrogen-bond donors (Lipinski definition) is 1. The van der Waals surface area contributed by atoms with Crippen LogP contribution < -0.4 is 4.72 Å². The van der Waals surface area contributed by atoms with Gasteiger partial charge in [-0.15, -0.1) is 0 Å². The molecule has 0 aliphatic carbocycles. The molecule has 1 aromatic carbocycles. The van der Waals surface area contributed by atoms with Crippen molar-refractivity contribution in [3.05, 3.63) is 66.3 Å². The first-order chi connectivity index (χ1) is 11.5. The SMILES string of the molecule is O=S(=O)(NCc1nccnc1-c1ccco1)c1ccc(F)c(F)c1. The van der Waals surface area contributed by atoms with Crippen molar-refractivity contribution >= 4 is 10.0 Å². The Morgan fingerprint density at radius 3 is 2.58 bits per heavy atom. The monoisotopic (exact) mass is 351 g/mol. The molecule has 6 nitrogen and oxygen atoms in total. The van der Waals surface area contributed by atoms with Crippen LogP contribution in [-0.2, 0) is 16.6 Å². The van der Waals surface area contributed by atoms with Crippen LogP contribution in [0.1, 0.15) is 5.69 Å². The molecule has 9 heteroatoms. The van der Waals surface area contributed by atoms with Gasteiger partial charge in [0.15, 0.2) is 17.4 Å². The Kier molecular flexibility index (Phi) is 4.36. The van der Waals surface area contributed by atoms with E-state index < -0.39 is 21.7 Å². The summed E-state index contributed by atoms with van der Waals surface area (Å²) in [5.41, 5.74) is 0.717. The third-order valence-corrected chi connectivity index (χ3v) is 4.56. The fourth-order valence-electron chi connectivity index (χ4n) is 2.01. The van der Waals surface area contributed by atoms with Crippen molar-refractivity contribution in [1.82, 2.24) is 14.7 Å². The molecule has 0 atom stereocenters. The number of halogens is 2. The van der Waals surface area contributed by atoms with E-state index in [9.17, 15) is 17.2 Å². The molecule has 124 valence electrons. The molecule has 0 aliphatic heterocycles. The number of furan rings is 1. The Balaban J connectivity index is 1.84. The number of rotatable bonds is 5. The minimum absolute atomic E-state index is 0.189. The van der Waals surface area contributed by atoms with Crippen molar-refractivity contribution in [3.8, 4) is 11.5 Å². The predicted molar refractivity (Wildman–Crippen MR) is 80.1 cm³/mol. The molecule has 0 bridgehead atoms. The normalized spacial score (nSPS) is 11.6. The third-order valence-electron chi connectivity index (χ3n) is 3.16. The van der Waals surface area contributed by atoms with Gasteiger partial charge in [0.05, 0.1) is 23.4 Å². The van der Waals surface area contributed by atoms with Gasteiger partial charge in [0, 0.05) is 12.4 Å². The maximum absolute atomic E-state index is 13.2. The van der Waals surface area contributed by atoms with Gasteiger partial charge in [0.25, 0.3) is 0 Å². The van der Waals surface area contributed by atoms with Crippen LogP contribution in [-0.4, -0.2) is 18.4 Å². The van der Waals surface area contributed by atoms with E-state index in [0.29, 0.717) is 23.2 Å². The maximum Gasteiger partial charge on any atom is 0.241 e. The number of sulfonamides is 1. The van der Waals surface area contributed by atoms with Crippen LogP contribution in [0.25, 0.3) is 11.5 Å². The minimum atomic E-state index is -4.04. The highest BCUT2D eigenvalue weighted by atomic mass is 32.2. The fourth-order valence-corrected chi connectivity index (χ4v) is 3.01. The van der Waals surface area contributed by atoms with E-state index in [-0.39, 0.29) is 11.4 Å². The lowest BCUT2D eigenvalue weighted by Gasteiger charge is -2.08. The second-order valence-corrected chi connectivity index (χ2v) is 6.50. The van der Waals surface area contributed by atoms with Crippen LogP contribution in [0.4, 0.5) is 8.78 Å². The Labute approximate surface area is 136 Å². The van der Waals surface area contributed by atoms with Gasteiger partial charge in [-0.3, -0.25) is 4.98 Å². The highest BCUT2D eigenvalue weighted by Gasteiger charge is 2.18. The first-order valence-corrected chi connectivity index (χ1v) is 8.24. The molecule has 0 spiro atoms. The zero-order chi connectivity index (χ0) is 17.2. The first-order valence-electron chi connectivity index (χ1n) is 6.76. The van der Waals surface area contributed by atoms with Crippen molar-refractivity contribution in [1.29, 1.82) is 0 Å². The number of hydrogen-bond acceptors (Lipinski definition) is 5. The fraction of sp³-hybridized carbons (Fsp3) is 0.0667. The molecule has 0 saturated carbocycles. The molecule has 24 heavy (non-hydrogen) atoms. The third kappa shape index (κ3) is 3.31. The zero-order valence-electron chi connectivity index (χ0n) is 12.1. The second-order valence-electron chi connectivity index (χ2n) is 4.73. The minimum Gasteiger partial charge on any atom is -0.463 e. The number of aromatic nitrogens is 2. The van der Waals surface area contributed by atoms with E-state index in [1.54, 1.807) is 12.1 Å². The molecule has 0 amide bonds. The van der Waals surface area contributed by atoms with E-state index in [4.69, 9.17) is 4.42 Å². The Hall–Kier alpha value is -2.65. The van der Waals surface area contributed by atoms with E-state index in [1.165, 1.54) is 18.7 Å². The van der Waals surface area contributed by atoms with Crippen LogP contribution >= 0.6 is 0 Å². The van der Waals surface area contributed by atoms with Crippen molar-refractivity contribution in [2.45, 2.75) is 11.4 Å². The smallest absolute Gasteiger partial charge is 0.241 e. The lowest BCUT2D eigenvalue weighted by molar-refractivity contribution is 0.504. The summed E-state index contributed by atoms with van der Waals surface area (Å²) in [6, 6.07) is 5.67. The molecule has 1 N–H and O–H groups in total. The predicted octanol–water partition coefficient (Wildman–Crippen LogP) is 2.49. The van der Waals surface area contributed by atoms with E-state index in [0.717, 1.165) is 12.1 Å². The van der Waals surface area contributed by atoms with Crippen LogP contribution in [0.5, 0.6) is 0 Å². The van der Waals surface area contributed by atoms with E-state index in [2.05, 4.69) is 14.7 Å². The lowest BCUT2D eigenvalue weighted by atomic mass is 10.2. The summed E-state index contributed by atoms with van der Waals surface area (Å²) in [6.45, 7) is -0.189. The highest BCUT2D eigenvalue weighted by molar-refractivity contribution is 7.89. The topological polar surface area (TPSA) is 85.1 Å².